The van der Waals surface area contributed by atoms with E-state index in [1.807, 2.05) is 0 Å². The van der Waals surface area contributed by atoms with Crippen molar-refractivity contribution in [1.82, 2.24) is 0 Å². The van der Waals surface area contributed by atoms with Crippen molar-refractivity contribution in [2.75, 3.05) is 6.54 Å². The van der Waals surface area contributed by atoms with Gasteiger partial charge in [-0.15, -0.1) is 11.3 Å². The monoisotopic (exact) mass is 371 g/mol. The van der Waals surface area contributed by atoms with Gasteiger partial charge in [-0.1, -0.05) is 59.3 Å². The summed E-state index contributed by atoms with van der Waals surface area (Å²) < 4.78 is 1.19. The smallest absolute Gasteiger partial charge is 0.0705 e. The summed E-state index contributed by atoms with van der Waals surface area (Å²) in [4.78, 5) is 6.18. The molecule has 0 amide bonds. The lowest BCUT2D eigenvalue weighted by molar-refractivity contribution is 0.491. The number of nitrogens with zero attached hydrogens (tertiary/aromatic N) is 1. The molecule has 1 aromatic rings. The average Bonchev–Trinajstić information content (AvgIpc) is 2.90. The van der Waals surface area contributed by atoms with E-state index in [0.29, 0.717) is 5.92 Å². The second kappa shape index (κ2) is 11.4. The van der Waals surface area contributed by atoms with Crippen LogP contribution < -0.4 is 0 Å². The Kier molecular flexibility index (Phi) is 10.3. The SMILES string of the molecule is CCCCCCCCC(C)CN=C(CC)c1ccc(Br)s1. The van der Waals surface area contributed by atoms with Crippen molar-refractivity contribution in [2.24, 2.45) is 10.9 Å². The highest BCUT2D eigenvalue weighted by atomic mass is 79.9. The van der Waals surface area contributed by atoms with Crippen molar-refractivity contribution in [2.45, 2.75) is 72.1 Å². The van der Waals surface area contributed by atoms with Gasteiger partial charge in [0.2, 0.25) is 0 Å². The molecular weight excluding hydrogens is 342 g/mol. The molecule has 1 unspecified atom stereocenters. The molecule has 0 N–H and O–H groups in total. The number of hydrogen-bond donors (Lipinski definition) is 0. The first kappa shape index (κ1) is 18.9. The molecule has 1 nitrogen and oxygen atoms in total. The molecule has 0 aliphatic rings. The standard InChI is InChI=1S/C18H30BrNS/c1-4-6-7-8-9-10-11-15(3)14-20-16(5-2)17-12-13-18(19)21-17/h12-13,15H,4-11,14H2,1-3H3. The van der Waals surface area contributed by atoms with Crippen molar-refractivity contribution in [3.05, 3.63) is 20.8 Å². The lowest BCUT2D eigenvalue weighted by atomic mass is 10.0. The highest BCUT2D eigenvalue weighted by Crippen LogP contribution is 2.24. The molecule has 0 aliphatic heterocycles. The topological polar surface area (TPSA) is 12.4 Å². The first-order valence-electron chi connectivity index (χ1n) is 8.46. The Hall–Kier alpha value is -0.150. The van der Waals surface area contributed by atoms with E-state index in [9.17, 15) is 0 Å². The van der Waals surface area contributed by atoms with Crippen molar-refractivity contribution < 1.29 is 0 Å². The molecular formula is C18H30BrNS. The van der Waals surface area contributed by atoms with Crippen molar-refractivity contribution in [3.63, 3.8) is 0 Å². The van der Waals surface area contributed by atoms with Crippen LogP contribution in [-0.4, -0.2) is 12.3 Å². The molecule has 0 aliphatic carbocycles. The zero-order valence-electron chi connectivity index (χ0n) is 13.8. The second-order valence-electron chi connectivity index (χ2n) is 5.91. The summed E-state index contributed by atoms with van der Waals surface area (Å²) in [6, 6.07) is 4.29. The molecule has 120 valence electrons. The minimum absolute atomic E-state index is 0.709. The Morgan fingerprint density at radius 2 is 1.86 bits per heavy atom. The van der Waals surface area contributed by atoms with Crippen LogP contribution in [0.3, 0.4) is 0 Å². The van der Waals surface area contributed by atoms with E-state index in [2.05, 4.69) is 48.8 Å². The number of unbranched alkanes of at least 4 members (excludes halogenated alkanes) is 5. The number of aliphatic imine (C=N–C) groups is 1. The van der Waals surface area contributed by atoms with Gasteiger partial charge < -0.3 is 0 Å². The molecule has 0 aromatic carbocycles. The summed E-state index contributed by atoms with van der Waals surface area (Å²) in [6.07, 6.45) is 10.7. The van der Waals surface area contributed by atoms with Crippen LogP contribution in [-0.2, 0) is 0 Å². The summed E-state index contributed by atoms with van der Waals surface area (Å²) in [5.41, 5.74) is 1.26. The molecule has 1 aromatic heterocycles. The molecule has 3 heteroatoms. The minimum Gasteiger partial charge on any atom is -0.288 e. The Morgan fingerprint density at radius 3 is 2.48 bits per heavy atom. The van der Waals surface area contributed by atoms with Gasteiger partial charge >= 0.3 is 0 Å². The molecule has 0 fully saturated rings. The first-order valence-corrected chi connectivity index (χ1v) is 10.1. The zero-order valence-corrected chi connectivity index (χ0v) is 16.2. The van der Waals surface area contributed by atoms with Gasteiger partial charge in [0.05, 0.1) is 9.50 Å². The van der Waals surface area contributed by atoms with E-state index < -0.39 is 0 Å². The van der Waals surface area contributed by atoms with Gasteiger partial charge in [0.25, 0.3) is 0 Å². The summed E-state index contributed by atoms with van der Waals surface area (Å²) in [7, 11) is 0. The average molecular weight is 372 g/mol. The lowest BCUT2D eigenvalue weighted by Gasteiger charge is -2.09. The summed E-state index contributed by atoms with van der Waals surface area (Å²) in [5, 5.41) is 0. The Balaban J connectivity index is 2.26. The fourth-order valence-electron chi connectivity index (χ4n) is 2.46. The molecule has 0 spiro atoms. The molecule has 0 bridgehead atoms. The van der Waals surface area contributed by atoms with Crippen LogP contribution in [0.5, 0.6) is 0 Å². The van der Waals surface area contributed by atoms with Crippen LogP contribution in [0.2, 0.25) is 0 Å². The summed E-state index contributed by atoms with van der Waals surface area (Å²) in [6.45, 7) is 7.79. The van der Waals surface area contributed by atoms with Gasteiger partial charge in [0.1, 0.15) is 0 Å². The third kappa shape index (κ3) is 8.15. The quantitative estimate of drug-likeness (QED) is 0.290. The Labute approximate surface area is 143 Å². The molecule has 1 rings (SSSR count). The van der Waals surface area contributed by atoms with Gasteiger partial charge in [-0.25, -0.2) is 0 Å². The highest BCUT2D eigenvalue weighted by Gasteiger charge is 2.06. The van der Waals surface area contributed by atoms with Crippen molar-refractivity contribution in [1.29, 1.82) is 0 Å². The first-order chi connectivity index (χ1) is 10.2. The maximum absolute atomic E-state index is 4.86. The van der Waals surface area contributed by atoms with Crippen LogP contribution >= 0.6 is 27.3 Å². The zero-order chi connectivity index (χ0) is 15.5. The van der Waals surface area contributed by atoms with Gasteiger partial charge in [-0.2, -0.15) is 0 Å². The fourth-order valence-corrected chi connectivity index (χ4v) is 3.93. The fraction of sp³-hybridized carbons (Fsp3) is 0.722. The van der Waals surface area contributed by atoms with Gasteiger partial charge in [0, 0.05) is 11.4 Å². The van der Waals surface area contributed by atoms with Crippen LogP contribution in [0.25, 0.3) is 0 Å². The Bertz CT molecular complexity index is 411. The summed E-state index contributed by atoms with van der Waals surface area (Å²) >= 11 is 5.32. The van der Waals surface area contributed by atoms with E-state index in [0.717, 1.165) is 13.0 Å². The van der Waals surface area contributed by atoms with Crippen molar-refractivity contribution >= 4 is 33.0 Å². The van der Waals surface area contributed by atoms with Gasteiger partial charge in [-0.3, -0.25) is 4.99 Å². The second-order valence-corrected chi connectivity index (χ2v) is 8.37. The van der Waals surface area contributed by atoms with Crippen molar-refractivity contribution in [3.8, 4) is 0 Å². The molecule has 0 radical (unpaired) electrons. The van der Waals surface area contributed by atoms with Gasteiger partial charge in [-0.05, 0) is 46.8 Å². The lowest BCUT2D eigenvalue weighted by Crippen LogP contribution is -2.04. The summed E-state index contributed by atoms with van der Waals surface area (Å²) in [5.74, 6) is 0.709. The third-order valence-corrected chi connectivity index (χ3v) is 5.51. The number of hydrogen-bond acceptors (Lipinski definition) is 2. The molecule has 21 heavy (non-hydrogen) atoms. The van der Waals surface area contributed by atoms with E-state index in [-0.39, 0.29) is 0 Å². The van der Waals surface area contributed by atoms with Crippen LogP contribution in [0.15, 0.2) is 20.9 Å². The number of rotatable bonds is 11. The molecule has 1 atom stereocenters. The van der Waals surface area contributed by atoms with E-state index >= 15 is 0 Å². The van der Waals surface area contributed by atoms with E-state index in [1.54, 1.807) is 11.3 Å². The van der Waals surface area contributed by atoms with Crippen LogP contribution in [0, 0.1) is 5.92 Å². The maximum atomic E-state index is 4.86. The van der Waals surface area contributed by atoms with Crippen LogP contribution in [0.1, 0.15) is 77.0 Å². The number of thiophene rings is 1. The molecule has 0 saturated heterocycles. The third-order valence-electron chi connectivity index (χ3n) is 3.84. The largest absolute Gasteiger partial charge is 0.288 e. The van der Waals surface area contributed by atoms with E-state index in [4.69, 9.17) is 4.99 Å². The highest BCUT2D eigenvalue weighted by molar-refractivity contribution is 9.11. The normalized spacial score (nSPS) is 13.6. The predicted molar refractivity (Wildman–Crippen MR) is 101 cm³/mol. The predicted octanol–water partition coefficient (Wildman–Crippen LogP) is 7.10. The van der Waals surface area contributed by atoms with Gasteiger partial charge in [0.15, 0.2) is 0 Å². The molecule has 0 saturated carbocycles. The maximum Gasteiger partial charge on any atom is 0.0705 e. The van der Waals surface area contributed by atoms with Crippen LogP contribution in [0.4, 0.5) is 0 Å². The number of halogens is 1. The Morgan fingerprint density at radius 1 is 1.14 bits per heavy atom. The minimum atomic E-state index is 0.709. The molecule has 1 heterocycles. The van der Waals surface area contributed by atoms with E-state index in [1.165, 1.54) is 59.3 Å².